The summed E-state index contributed by atoms with van der Waals surface area (Å²) in [7, 11) is -4.12. The van der Waals surface area contributed by atoms with Crippen molar-refractivity contribution in [3.05, 3.63) is 0 Å². The molecule has 195 valence electrons. The van der Waals surface area contributed by atoms with Crippen molar-refractivity contribution < 1.29 is 18.5 Å². The molecule has 1 atom stereocenters. The molecule has 0 aliphatic carbocycles. The Hall–Kier alpha value is 0.668. The summed E-state index contributed by atoms with van der Waals surface area (Å²) in [4.78, 5) is 11.9. The third-order valence-electron chi connectivity index (χ3n) is 7.07. The van der Waals surface area contributed by atoms with Crippen molar-refractivity contribution in [1.29, 1.82) is 0 Å². The van der Waals surface area contributed by atoms with Crippen LogP contribution in [0.2, 0.25) is 20.8 Å². The minimum absolute atomic E-state index is 0.264. The predicted octanol–water partition coefficient (Wildman–Crippen LogP) is 9.26. The van der Waals surface area contributed by atoms with Crippen molar-refractivity contribution in [3.8, 4) is 0 Å². The van der Waals surface area contributed by atoms with Crippen molar-refractivity contribution >= 4 is 21.4 Å². The van der Waals surface area contributed by atoms with Crippen LogP contribution >= 0.6 is 7.82 Å². The summed E-state index contributed by atoms with van der Waals surface area (Å²) < 4.78 is 22.1. The number of rotatable bonds is 25. The van der Waals surface area contributed by atoms with Gasteiger partial charge in [-0.1, -0.05) is 71.1 Å². The first-order chi connectivity index (χ1) is 15.4. The Morgan fingerprint density at radius 2 is 0.906 bits per heavy atom. The minimum atomic E-state index is -4.12. The van der Waals surface area contributed by atoms with E-state index in [1.807, 2.05) is 0 Å². The first-order valence-electron chi connectivity index (χ1n) is 13.9. The third-order valence-corrected chi connectivity index (χ3v) is 18.9. The Morgan fingerprint density at radius 1 is 0.562 bits per heavy atom. The number of phosphoric ester groups is 1. The Balaban J connectivity index is 3.46. The molecule has 0 aliphatic heterocycles. The first-order valence-corrected chi connectivity index (χ1v) is 20.7. The standard InChI is InChI=1S/C26H57AsO4P/c1-5-9-10-11-12-13-14-15-16-17-18-19-20-21-22-23-25-30-32(28,29)31-26-24-27(6-2,7-3)8-4/h5-26H2,1-4H3,(H,28,29)/p-1. The summed E-state index contributed by atoms with van der Waals surface area (Å²) in [6.07, 6.45) is 20.9. The van der Waals surface area contributed by atoms with Crippen LogP contribution in [0.25, 0.3) is 0 Å². The second-order valence-corrected chi connectivity index (χ2v) is 21.4. The Kier molecular flexibility index (Phi) is 22.6. The quantitative estimate of drug-likeness (QED) is 0.0660. The molecule has 0 heterocycles. The summed E-state index contributed by atoms with van der Waals surface area (Å²) in [5.74, 6) is 0. The van der Waals surface area contributed by atoms with Crippen LogP contribution in [0.1, 0.15) is 130 Å². The van der Waals surface area contributed by atoms with Gasteiger partial charge in [0.2, 0.25) is 0 Å². The molecule has 0 spiro atoms. The van der Waals surface area contributed by atoms with Gasteiger partial charge in [-0.3, -0.25) is 0 Å². The summed E-state index contributed by atoms with van der Waals surface area (Å²) in [6.45, 7) is 9.57. The Morgan fingerprint density at radius 3 is 1.28 bits per heavy atom. The van der Waals surface area contributed by atoms with Crippen molar-refractivity contribution in [2.45, 2.75) is 151 Å². The van der Waals surface area contributed by atoms with E-state index in [0.717, 1.165) is 18.1 Å². The van der Waals surface area contributed by atoms with Gasteiger partial charge in [-0.25, -0.2) is 0 Å². The molecule has 0 aliphatic rings. The summed E-state index contributed by atoms with van der Waals surface area (Å²) in [5.41, 5.74) is 0. The molecule has 1 radical (unpaired) electrons. The van der Waals surface area contributed by atoms with Gasteiger partial charge in [0, 0.05) is 0 Å². The van der Waals surface area contributed by atoms with E-state index in [1.165, 1.54) is 106 Å². The second kappa shape index (κ2) is 22.2. The van der Waals surface area contributed by atoms with Gasteiger partial charge >= 0.3 is 133 Å². The van der Waals surface area contributed by atoms with Crippen LogP contribution in [0.5, 0.6) is 0 Å². The fourth-order valence-electron chi connectivity index (χ4n) is 4.36. The third kappa shape index (κ3) is 19.0. The molecular weight excluding hydrogens is 482 g/mol. The van der Waals surface area contributed by atoms with E-state index in [4.69, 9.17) is 9.05 Å². The van der Waals surface area contributed by atoms with Crippen LogP contribution in [0.4, 0.5) is 0 Å². The van der Waals surface area contributed by atoms with Gasteiger partial charge in [-0.2, -0.15) is 0 Å². The average Bonchev–Trinajstić information content (AvgIpc) is 2.79. The van der Waals surface area contributed by atoms with Gasteiger partial charge in [-0.15, -0.1) is 0 Å². The SMILES string of the molecule is CCCCCCCCCCCCCCCCCCOP(=O)([O-])OCC[As](CC)(CC)CC. The van der Waals surface area contributed by atoms with E-state index in [0.29, 0.717) is 6.61 Å². The van der Waals surface area contributed by atoms with Gasteiger partial charge in [0.25, 0.3) is 0 Å². The van der Waals surface area contributed by atoms with E-state index < -0.39 is 21.4 Å². The molecule has 0 fully saturated rings. The van der Waals surface area contributed by atoms with Crippen LogP contribution in [-0.2, 0) is 13.6 Å². The molecule has 32 heavy (non-hydrogen) atoms. The number of hydrogen-bond acceptors (Lipinski definition) is 4. The maximum absolute atomic E-state index is 11.9. The van der Waals surface area contributed by atoms with Crippen molar-refractivity contribution in [2.24, 2.45) is 0 Å². The first kappa shape index (κ1) is 32.7. The van der Waals surface area contributed by atoms with Crippen molar-refractivity contribution in [1.82, 2.24) is 0 Å². The van der Waals surface area contributed by atoms with Gasteiger partial charge in [0.05, 0.1) is 0 Å². The van der Waals surface area contributed by atoms with Crippen LogP contribution in [0.3, 0.4) is 0 Å². The molecule has 0 bridgehead atoms. The fourth-order valence-corrected chi connectivity index (χ4v) is 11.2. The molecule has 0 aromatic heterocycles. The van der Waals surface area contributed by atoms with E-state index in [9.17, 15) is 9.46 Å². The van der Waals surface area contributed by atoms with Crippen molar-refractivity contribution in [2.75, 3.05) is 13.2 Å². The Labute approximate surface area is 204 Å². The molecule has 4 nitrogen and oxygen atoms in total. The van der Waals surface area contributed by atoms with Crippen LogP contribution in [0, 0.1) is 0 Å². The predicted molar refractivity (Wildman–Crippen MR) is 141 cm³/mol. The zero-order valence-electron chi connectivity index (χ0n) is 22.1. The molecule has 1 unspecified atom stereocenters. The van der Waals surface area contributed by atoms with Gasteiger partial charge in [0.15, 0.2) is 0 Å². The molecule has 0 saturated carbocycles. The maximum atomic E-state index is 11.9. The molecule has 0 saturated heterocycles. The van der Waals surface area contributed by atoms with E-state index >= 15 is 0 Å². The normalized spacial score (nSPS) is 14.0. The van der Waals surface area contributed by atoms with Crippen LogP contribution < -0.4 is 4.89 Å². The molecular formula is C26H56AsO4P-. The molecule has 0 rings (SSSR count). The number of unbranched alkanes of at least 4 members (excludes halogenated alkanes) is 15. The van der Waals surface area contributed by atoms with Gasteiger partial charge < -0.3 is 0 Å². The average molecular weight is 539 g/mol. The van der Waals surface area contributed by atoms with Gasteiger partial charge in [0.1, 0.15) is 0 Å². The van der Waals surface area contributed by atoms with Crippen molar-refractivity contribution in [3.63, 3.8) is 0 Å². The molecule has 0 aromatic carbocycles. The summed E-state index contributed by atoms with van der Waals surface area (Å²) in [5, 5.41) is 4.60. The molecule has 0 aromatic rings. The molecule has 0 N–H and O–H groups in total. The Bertz CT molecular complexity index is 435. The van der Waals surface area contributed by atoms with Crippen LogP contribution in [0.15, 0.2) is 0 Å². The van der Waals surface area contributed by atoms with E-state index in [-0.39, 0.29) is 6.61 Å². The summed E-state index contributed by atoms with van der Waals surface area (Å²) in [6, 6.07) is 0. The van der Waals surface area contributed by atoms with E-state index in [2.05, 4.69) is 27.7 Å². The van der Waals surface area contributed by atoms with Crippen LogP contribution in [-0.4, -0.2) is 26.8 Å². The summed E-state index contributed by atoms with van der Waals surface area (Å²) >= 11 is -1.70. The zero-order chi connectivity index (χ0) is 24.0. The topological polar surface area (TPSA) is 58.6 Å². The number of hydrogen-bond donors (Lipinski definition) is 0. The zero-order valence-corrected chi connectivity index (χ0v) is 24.9. The fraction of sp³-hybridized carbons (Fsp3) is 1.00. The van der Waals surface area contributed by atoms with Gasteiger partial charge in [-0.05, 0) is 0 Å². The number of phosphoric acid groups is 1. The van der Waals surface area contributed by atoms with E-state index in [1.54, 1.807) is 0 Å². The molecule has 0 amide bonds. The molecule has 6 heteroatoms. The monoisotopic (exact) mass is 538 g/mol. The second-order valence-electron chi connectivity index (χ2n) is 9.43.